The topological polar surface area (TPSA) is 75.7 Å². The summed E-state index contributed by atoms with van der Waals surface area (Å²) >= 11 is 7.59. The molecule has 0 unspecified atom stereocenters. The fourth-order valence-electron chi connectivity index (χ4n) is 3.79. The van der Waals surface area contributed by atoms with Gasteiger partial charge in [0, 0.05) is 23.5 Å². The molecular formula is C29H24F4N2O4S3. The smallest absolute Gasteiger partial charge is 0.419 e. The van der Waals surface area contributed by atoms with Crippen molar-refractivity contribution in [1.82, 2.24) is 4.90 Å². The Kier molecular flexibility index (Phi) is 9.24. The van der Waals surface area contributed by atoms with Gasteiger partial charge in [-0.05, 0) is 85.8 Å². The Morgan fingerprint density at radius 3 is 2.38 bits per heavy atom. The minimum atomic E-state index is -4.82. The second kappa shape index (κ2) is 12.4. The van der Waals surface area contributed by atoms with Crippen LogP contribution in [0.2, 0.25) is 0 Å². The first-order chi connectivity index (χ1) is 19.6. The van der Waals surface area contributed by atoms with Crippen molar-refractivity contribution in [2.45, 2.75) is 39.0 Å². The molecule has 0 saturated carbocycles. The van der Waals surface area contributed by atoms with Gasteiger partial charge in [-0.3, -0.25) is 14.5 Å². The fraction of sp³-hybridized carbons (Fsp3) is 0.241. The monoisotopic (exact) mass is 636 g/mol. The number of esters is 1. The summed E-state index contributed by atoms with van der Waals surface area (Å²) in [4.78, 5) is 39.8. The number of thiophene rings is 1. The Morgan fingerprint density at radius 1 is 1.05 bits per heavy atom. The Hall–Kier alpha value is -3.55. The second-order valence-corrected chi connectivity index (χ2v) is 12.8. The van der Waals surface area contributed by atoms with Gasteiger partial charge >= 0.3 is 12.1 Å². The van der Waals surface area contributed by atoms with Crippen LogP contribution in [0, 0.1) is 5.82 Å². The number of thiocarbonyl (C=S) groups is 1. The molecule has 1 N–H and O–H groups in total. The third-order valence-electron chi connectivity index (χ3n) is 5.74. The number of rotatable bonds is 7. The highest BCUT2D eigenvalue weighted by Gasteiger charge is 2.35. The highest BCUT2D eigenvalue weighted by Crippen LogP contribution is 2.37. The van der Waals surface area contributed by atoms with E-state index in [-0.39, 0.29) is 28.8 Å². The quantitative estimate of drug-likeness (QED) is 0.124. The fourth-order valence-corrected chi connectivity index (χ4v) is 6.01. The largest absolute Gasteiger partial charge is 0.456 e. The molecule has 2 heterocycles. The van der Waals surface area contributed by atoms with Crippen LogP contribution in [0.4, 0.5) is 23.2 Å². The minimum absolute atomic E-state index is 0.0370. The summed E-state index contributed by atoms with van der Waals surface area (Å²) in [6.45, 7) is 5.33. The zero-order valence-corrected chi connectivity index (χ0v) is 25.0. The van der Waals surface area contributed by atoms with Gasteiger partial charge in [0.15, 0.2) is 0 Å². The van der Waals surface area contributed by atoms with Gasteiger partial charge in [0.25, 0.3) is 5.91 Å². The van der Waals surface area contributed by atoms with Crippen molar-refractivity contribution >= 4 is 69.2 Å². The van der Waals surface area contributed by atoms with Gasteiger partial charge in [-0.2, -0.15) is 13.2 Å². The summed E-state index contributed by atoms with van der Waals surface area (Å²) in [7, 11) is 0. The number of ether oxygens (including phenoxy) is 1. The second-order valence-electron chi connectivity index (χ2n) is 10.1. The number of carbonyl (C=O) groups is 3. The van der Waals surface area contributed by atoms with Crippen LogP contribution in [0.3, 0.4) is 0 Å². The molecule has 1 aromatic heterocycles. The standard InChI is InChI=1S/C29H24F4N2O4S3/c1-28(2,3)39-26(38)16-4-7-19(8-5-16)34-24(36)10-11-35-25(37)23(42-27(35)40)14-20-12-18(15-41-20)17-6-9-22(30)21(13-17)29(31,32)33/h4-9,12-15H,10-11H2,1-3H3,(H,34,36). The van der Waals surface area contributed by atoms with Crippen LogP contribution in [0.1, 0.15) is 48.0 Å². The van der Waals surface area contributed by atoms with E-state index >= 15 is 0 Å². The predicted molar refractivity (Wildman–Crippen MR) is 159 cm³/mol. The van der Waals surface area contributed by atoms with Crippen LogP contribution in [-0.4, -0.2) is 39.1 Å². The molecule has 13 heteroatoms. The van der Waals surface area contributed by atoms with Crippen LogP contribution < -0.4 is 5.32 Å². The Morgan fingerprint density at radius 2 is 1.74 bits per heavy atom. The summed E-state index contributed by atoms with van der Waals surface area (Å²) in [6, 6.07) is 10.6. The first kappa shape index (κ1) is 31.4. The van der Waals surface area contributed by atoms with E-state index in [1.807, 2.05) is 0 Å². The van der Waals surface area contributed by atoms with Crippen LogP contribution in [0.25, 0.3) is 17.2 Å². The van der Waals surface area contributed by atoms with Crippen molar-refractivity contribution < 1.29 is 36.7 Å². The molecule has 42 heavy (non-hydrogen) atoms. The van der Waals surface area contributed by atoms with Gasteiger partial charge < -0.3 is 10.1 Å². The van der Waals surface area contributed by atoms with Gasteiger partial charge in [-0.15, -0.1) is 11.3 Å². The van der Waals surface area contributed by atoms with Crippen molar-refractivity contribution in [1.29, 1.82) is 0 Å². The van der Waals surface area contributed by atoms with E-state index in [1.54, 1.807) is 50.4 Å². The number of thioether (sulfide) groups is 1. The molecule has 220 valence electrons. The van der Waals surface area contributed by atoms with Gasteiger partial charge in [0.05, 0.1) is 16.0 Å². The summed E-state index contributed by atoms with van der Waals surface area (Å²) in [5.74, 6) is -2.59. The maximum Gasteiger partial charge on any atom is 0.419 e. The Labute approximate surface area is 252 Å². The van der Waals surface area contributed by atoms with E-state index in [1.165, 1.54) is 34.4 Å². The molecule has 1 aliphatic heterocycles. The number of nitrogens with zero attached hydrogens (tertiary/aromatic N) is 1. The maximum absolute atomic E-state index is 13.7. The number of anilines is 1. The van der Waals surface area contributed by atoms with Gasteiger partial charge in [0.2, 0.25) is 5.91 Å². The van der Waals surface area contributed by atoms with Crippen LogP contribution in [0.15, 0.2) is 58.8 Å². The molecule has 0 spiro atoms. The zero-order chi connectivity index (χ0) is 30.8. The van der Waals surface area contributed by atoms with Crippen LogP contribution >= 0.6 is 35.3 Å². The molecule has 3 aromatic rings. The summed E-state index contributed by atoms with van der Waals surface area (Å²) in [6.07, 6.45) is -3.28. The molecule has 1 aliphatic rings. The number of alkyl halides is 3. The minimum Gasteiger partial charge on any atom is -0.456 e. The average molecular weight is 637 g/mol. The SMILES string of the molecule is CC(C)(C)OC(=O)c1ccc(NC(=O)CCN2C(=O)C(=Cc3cc(-c4ccc(F)c(C(F)(F)F)c4)cs3)SC2=S)cc1. The first-order valence-corrected chi connectivity index (χ1v) is 14.6. The third-order valence-corrected chi connectivity index (χ3v) is 7.99. The van der Waals surface area contributed by atoms with E-state index in [2.05, 4.69) is 5.32 Å². The van der Waals surface area contributed by atoms with E-state index < -0.39 is 35.0 Å². The Balaban J connectivity index is 1.35. The number of nitrogens with one attached hydrogen (secondary N) is 1. The van der Waals surface area contributed by atoms with Crippen molar-refractivity contribution in [3.63, 3.8) is 0 Å². The number of benzene rings is 2. The van der Waals surface area contributed by atoms with E-state index in [4.69, 9.17) is 17.0 Å². The molecule has 0 atom stereocenters. The van der Waals surface area contributed by atoms with Crippen molar-refractivity contribution in [3.8, 4) is 11.1 Å². The molecule has 0 radical (unpaired) electrons. The van der Waals surface area contributed by atoms with Gasteiger partial charge in [-0.1, -0.05) is 30.0 Å². The molecule has 6 nitrogen and oxygen atoms in total. The highest BCUT2D eigenvalue weighted by molar-refractivity contribution is 8.26. The van der Waals surface area contributed by atoms with Crippen molar-refractivity contribution in [2.75, 3.05) is 11.9 Å². The van der Waals surface area contributed by atoms with Gasteiger partial charge in [0.1, 0.15) is 15.7 Å². The van der Waals surface area contributed by atoms with Crippen molar-refractivity contribution in [2.24, 2.45) is 0 Å². The molecule has 0 bridgehead atoms. The summed E-state index contributed by atoms with van der Waals surface area (Å²) < 4.78 is 58.5. The van der Waals surface area contributed by atoms with E-state index in [0.717, 1.165) is 23.9 Å². The summed E-state index contributed by atoms with van der Waals surface area (Å²) in [5.41, 5.74) is -0.536. The molecule has 0 aliphatic carbocycles. The number of carbonyl (C=O) groups excluding carboxylic acids is 3. The predicted octanol–water partition coefficient (Wildman–Crippen LogP) is 7.76. The number of hydrogen-bond donors (Lipinski definition) is 1. The summed E-state index contributed by atoms with van der Waals surface area (Å²) in [5, 5.41) is 4.33. The van der Waals surface area contributed by atoms with Crippen LogP contribution in [-0.2, 0) is 20.5 Å². The molecular weight excluding hydrogens is 613 g/mol. The lowest BCUT2D eigenvalue weighted by Crippen LogP contribution is -2.31. The Bertz CT molecular complexity index is 1570. The zero-order valence-electron chi connectivity index (χ0n) is 22.5. The first-order valence-electron chi connectivity index (χ1n) is 12.4. The van der Waals surface area contributed by atoms with E-state index in [9.17, 15) is 31.9 Å². The van der Waals surface area contributed by atoms with Crippen molar-refractivity contribution in [3.05, 3.63) is 80.6 Å². The molecule has 2 aromatic carbocycles. The van der Waals surface area contributed by atoms with E-state index in [0.29, 0.717) is 26.6 Å². The number of halogens is 4. The number of hydrogen-bond acceptors (Lipinski definition) is 7. The lowest BCUT2D eigenvalue weighted by atomic mass is 10.0. The lowest BCUT2D eigenvalue weighted by Gasteiger charge is -2.19. The molecule has 2 amide bonds. The maximum atomic E-state index is 13.7. The lowest BCUT2D eigenvalue weighted by molar-refractivity contribution is -0.140. The van der Waals surface area contributed by atoms with Gasteiger partial charge in [-0.25, -0.2) is 9.18 Å². The molecule has 1 fully saturated rings. The highest BCUT2D eigenvalue weighted by atomic mass is 32.2. The molecule has 1 saturated heterocycles. The van der Waals surface area contributed by atoms with Crippen LogP contribution in [0.5, 0.6) is 0 Å². The molecule has 4 rings (SSSR count). The third kappa shape index (κ3) is 7.84. The average Bonchev–Trinajstić information content (AvgIpc) is 3.45. The normalized spacial score (nSPS) is 14.9. The number of amides is 2.